The second kappa shape index (κ2) is 6.60. The number of anilines is 1. The summed E-state index contributed by atoms with van der Waals surface area (Å²) in [6.45, 7) is 4.79. The zero-order valence-corrected chi connectivity index (χ0v) is 11.4. The second-order valence-corrected chi connectivity index (χ2v) is 3.87. The standard InChI is InChI=1S/C14H16N2O4/c1-3-18-11-6-5-10(9-12(11)19-4-2)14(17)15-13-7-8-20-16-13/h5-9H,3-4H2,1-2H3,(H,15,16,17). The molecule has 0 saturated heterocycles. The average molecular weight is 276 g/mol. The average Bonchev–Trinajstić information content (AvgIpc) is 2.94. The van der Waals surface area contributed by atoms with Crippen molar-refractivity contribution in [2.75, 3.05) is 18.5 Å². The summed E-state index contributed by atoms with van der Waals surface area (Å²) in [4.78, 5) is 12.0. The molecule has 0 radical (unpaired) electrons. The van der Waals surface area contributed by atoms with Crippen LogP contribution in [0.1, 0.15) is 24.2 Å². The van der Waals surface area contributed by atoms with Crippen molar-refractivity contribution in [3.05, 3.63) is 36.1 Å². The van der Waals surface area contributed by atoms with E-state index in [-0.39, 0.29) is 5.91 Å². The molecule has 0 aliphatic rings. The molecule has 0 atom stereocenters. The van der Waals surface area contributed by atoms with Gasteiger partial charge < -0.3 is 19.3 Å². The molecule has 1 aromatic heterocycles. The lowest BCUT2D eigenvalue weighted by molar-refractivity contribution is 0.102. The molecule has 2 rings (SSSR count). The van der Waals surface area contributed by atoms with Crippen molar-refractivity contribution in [2.45, 2.75) is 13.8 Å². The van der Waals surface area contributed by atoms with Gasteiger partial charge in [0.1, 0.15) is 6.26 Å². The molecule has 1 N–H and O–H groups in total. The van der Waals surface area contributed by atoms with E-state index < -0.39 is 0 Å². The Labute approximate surface area is 116 Å². The van der Waals surface area contributed by atoms with E-state index in [2.05, 4.69) is 15.0 Å². The molecule has 6 nitrogen and oxygen atoms in total. The van der Waals surface area contributed by atoms with Crippen LogP contribution in [0.5, 0.6) is 11.5 Å². The number of amides is 1. The largest absolute Gasteiger partial charge is 0.490 e. The first-order valence-electron chi connectivity index (χ1n) is 6.36. The van der Waals surface area contributed by atoms with Crippen molar-refractivity contribution < 1.29 is 18.8 Å². The van der Waals surface area contributed by atoms with Crippen LogP contribution in [0.25, 0.3) is 0 Å². The number of rotatable bonds is 6. The Hall–Kier alpha value is -2.50. The third kappa shape index (κ3) is 3.28. The number of carbonyl (C=O) groups excluding carboxylic acids is 1. The topological polar surface area (TPSA) is 73.6 Å². The normalized spacial score (nSPS) is 10.1. The van der Waals surface area contributed by atoms with Gasteiger partial charge in [-0.25, -0.2) is 0 Å². The van der Waals surface area contributed by atoms with Gasteiger partial charge in [-0.3, -0.25) is 4.79 Å². The number of hydrogen-bond acceptors (Lipinski definition) is 5. The second-order valence-electron chi connectivity index (χ2n) is 3.87. The summed E-state index contributed by atoms with van der Waals surface area (Å²) in [5, 5.41) is 6.24. The summed E-state index contributed by atoms with van der Waals surface area (Å²) in [5.41, 5.74) is 0.458. The van der Waals surface area contributed by atoms with Crippen LogP contribution in [0.15, 0.2) is 35.1 Å². The minimum atomic E-state index is -0.289. The molecule has 2 aromatic rings. The Kier molecular flexibility index (Phi) is 4.60. The Morgan fingerprint density at radius 3 is 2.60 bits per heavy atom. The molecule has 0 aliphatic heterocycles. The first kappa shape index (κ1) is 13.9. The predicted molar refractivity (Wildman–Crippen MR) is 73.2 cm³/mol. The summed E-state index contributed by atoms with van der Waals surface area (Å²) in [6.07, 6.45) is 1.39. The fraction of sp³-hybridized carbons (Fsp3) is 0.286. The van der Waals surface area contributed by atoms with Crippen LogP contribution in [-0.4, -0.2) is 24.3 Å². The highest BCUT2D eigenvalue weighted by atomic mass is 16.5. The highest BCUT2D eigenvalue weighted by Gasteiger charge is 2.12. The first-order valence-corrected chi connectivity index (χ1v) is 6.36. The Balaban J connectivity index is 2.19. The third-order valence-corrected chi connectivity index (χ3v) is 2.49. The van der Waals surface area contributed by atoms with Crippen LogP contribution in [0.3, 0.4) is 0 Å². The number of nitrogens with one attached hydrogen (secondary N) is 1. The molecule has 0 saturated carbocycles. The maximum atomic E-state index is 12.0. The lowest BCUT2D eigenvalue weighted by atomic mass is 10.2. The lowest BCUT2D eigenvalue weighted by Gasteiger charge is -2.12. The van der Waals surface area contributed by atoms with Gasteiger partial charge in [0.2, 0.25) is 0 Å². The monoisotopic (exact) mass is 276 g/mol. The van der Waals surface area contributed by atoms with Crippen LogP contribution in [0, 0.1) is 0 Å². The van der Waals surface area contributed by atoms with Crippen molar-refractivity contribution >= 4 is 11.7 Å². The smallest absolute Gasteiger partial charge is 0.257 e. The molecule has 106 valence electrons. The van der Waals surface area contributed by atoms with E-state index in [1.165, 1.54) is 6.26 Å². The van der Waals surface area contributed by atoms with E-state index in [9.17, 15) is 4.79 Å². The zero-order chi connectivity index (χ0) is 14.4. The van der Waals surface area contributed by atoms with Crippen LogP contribution in [0.2, 0.25) is 0 Å². The fourth-order valence-corrected chi connectivity index (χ4v) is 1.66. The maximum absolute atomic E-state index is 12.0. The summed E-state index contributed by atoms with van der Waals surface area (Å²) in [7, 11) is 0. The lowest BCUT2D eigenvalue weighted by Crippen LogP contribution is -2.12. The Bertz CT molecular complexity index is 567. The molecule has 1 amide bonds. The van der Waals surface area contributed by atoms with Crippen molar-refractivity contribution in [2.24, 2.45) is 0 Å². The van der Waals surface area contributed by atoms with E-state index in [4.69, 9.17) is 9.47 Å². The van der Waals surface area contributed by atoms with E-state index >= 15 is 0 Å². The maximum Gasteiger partial charge on any atom is 0.257 e. The van der Waals surface area contributed by atoms with Crippen molar-refractivity contribution in [1.29, 1.82) is 0 Å². The number of hydrogen-bond donors (Lipinski definition) is 1. The summed E-state index contributed by atoms with van der Waals surface area (Å²) in [6, 6.07) is 6.59. The van der Waals surface area contributed by atoms with Gasteiger partial charge in [0, 0.05) is 11.6 Å². The Morgan fingerprint density at radius 1 is 1.20 bits per heavy atom. The van der Waals surface area contributed by atoms with E-state index in [1.54, 1.807) is 24.3 Å². The molecule has 0 unspecified atom stereocenters. The predicted octanol–water partition coefficient (Wildman–Crippen LogP) is 2.72. The molecule has 1 heterocycles. The SMILES string of the molecule is CCOc1ccc(C(=O)Nc2ccon2)cc1OCC. The van der Waals surface area contributed by atoms with Crippen LogP contribution in [-0.2, 0) is 0 Å². The number of benzene rings is 1. The van der Waals surface area contributed by atoms with E-state index in [0.717, 1.165) is 0 Å². The van der Waals surface area contributed by atoms with E-state index in [1.807, 2.05) is 13.8 Å². The molecular formula is C14H16N2O4. The molecular weight excluding hydrogens is 260 g/mol. The molecule has 6 heteroatoms. The first-order chi connectivity index (χ1) is 9.74. The fourth-order valence-electron chi connectivity index (χ4n) is 1.66. The summed E-state index contributed by atoms with van der Waals surface area (Å²) >= 11 is 0. The zero-order valence-electron chi connectivity index (χ0n) is 11.4. The highest BCUT2D eigenvalue weighted by Crippen LogP contribution is 2.28. The van der Waals surface area contributed by atoms with Crippen molar-refractivity contribution in [3.8, 4) is 11.5 Å². The summed E-state index contributed by atoms with van der Waals surface area (Å²) in [5.74, 6) is 1.24. The quantitative estimate of drug-likeness (QED) is 0.878. The molecule has 0 fully saturated rings. The number of carbonyl (C=O) groups is 1. The molecule has 0 aliphatic carbocycles. The molecule has 0 spiro atoms. The minimum absolute atomic E-state index is 0.289. The van der Waals surface area contributed by atoms with Gasteiger partial charge in [0.15, 0.2) is 17.3 Å². The van der Waals surface area contributed by atoms with Gasteiger partial charge in [0.05, 0.1) is 13.2 Å². The van der Waals surface area contributed by atoms with Gasteiger partial charge in [-0.2, -0.15) is 0 Å². The summed E-state index contributed by atoms with van der Waals surface area (Å²) < 4.78 is 15.6. The van der Waals surface area contributed by atoms with Crippen LogP contribution < -0.4 is 14.8 Å². The third-order valence-electron chi connectivity index (χ3n) is 2.49. The number of ether oxygens (including phenoxy) is 2. The number of aromatic nitrogens is 1. The van der Waals surface area contributed by atoms with Crippen LogP contribution >= 0.6 is 0 Å². The van der Waals surface area contributed by atoms with E-state index in [0.29, 0.717) is 36.1 Å². The van der Waals surface area contributed by atoms with Gasteiger partial charge >= 0.3 is 0 Å². The van der Waals surface area contributed by atoms with Crippen LogP contribution in [0.4, 0.5) is 5.82 Å². The number of nitrogens with zero attached hydrogens (tertiary/aromatic N) is 1. The van der Waals surface area contributed by atoms with Gasteiger partial charge in [0.25, 0.3) is 5.91 Å². The minimum Gasteiger partial charge on any atom is -0.490 e. The van der Waals surface area contributed by atoms with Gasteiger partial charge in [-0.15, -0.1) is 0 Å². The Morgan fingerprint density at radius 2 is 1.95 bits per heavy atom. The molecule has 20 heavy (non-hydrogen) atoms. The highest BCUT2D eigenvalue weighted by molar-refractivity contribution is 6.04. The van der Waals surface area contributed by atoms with Crippen molar-refractivity contribution in [3.63, 3.8) is 0 Å². The molecule has 0 bridgehead atoms. The van der Waals surface area contributed by atoms with Gasteiger partial charge in [-0.05, 0) is 32.0 Å². The van der Waals surface area contributed by atoms with Gasteiger partial charge in [-0.1, -0.05) is 5.16 Å². The van der Waals surface area contributed by atoms with Crippen molar-refractivity contribution in [1.82, 2.24) is 5.16 Å². The molecule has 1 aromatic carbocycles.